The molecule has 0 aliphatic carbocycles. The first-order chi connectivity index (χ1) is 7.97. The fraction of sp³-hybridized carbons (Fsp3) is 0.357. The molecule has 17 heavy (non-hydrogen) atoms. The molecule has 3 heteroatoms. The second-order valence-electron chi connectivity index (χ2n) is 4.38. The van der Waals surface area contributed by atoms with Crippen molar-refractivity contribution in [2.24, 2.45) is 5.92 Å². The van der Waals surface area contributed by atoms with E-state index in [2.05, 4.69) is 6.58 Å². The van der Waals surface area contributed by atoms with E-state index in [4.69, 9.17) is 0 Å². The van der Waals surface area contributed by atoms with E-state index in [0.29, 0.717) is 0 Å². The Bertz CT molecular complexity index is 412. The summed E-state index contributed by atoms with van der Waals surface area (Å²) in [5.74, 6) is -0.0154. The van der Waals surface area contributed by atoms with E-state index in [1.165, 1.54) is 0 Å². The summed E-state index contributed by atoms with van der Waals surface area (Å²) in [7, 11) is 3.48. The van der Waals surface area contributed by atoms with E-state index >= 15 is 0 Å². The molecule has 0 spiro atoms. The normalized spacial score (nSPS) is 13.8. The zero-order chi connectivity index (χ0) is 13.0. The molecule has 0 saturated carbocycles. The Balaban J connectivity index is 2.99. The van der Waals surface area contributed by atoms with E-state index < -0.39 is 0 Å². The number of amides is 1. The molecule has 92 valence electrons. The summed E-state index contributed by atoms with van der Waals surface area (Å²) in [6.45, 7) is 5.65. The number of phenols is 1. The number of carbonyl (C=O) groups excluding carboxylic acids is 1. The Morgan fingerprint density at radius 1 is 1.47 bits per heavy atom. The third kappa shape index (κ3) is 3.09. The molecule has 0 aliphatic rings. The van der Waals surface area contributed by atoms with Crippen LogP contribution in [-0.2, 0) is 4.79 Å². The van der Waals surface area contributed by atoms with Gasteiger partial charge in [-0.3, -0.25) is 4.79 Å². The van der Waals surface area contributed by atoms with Crippen molar-refractivity contribution in [3.05, 3.63) is 42.5 Å². The molecule has 0 aliphatic heterocycles. The highest BCUT2D eigenvalue weighted by Crippen LogP contribution is 2.28. The number of benzene rings is 1. The lowest BCUT2D eigenvalue weighted by Gasteiger charge is -2.23. The fourth-order valence-corrected chi connectivity index (χ4v) is 1.92. The van der Waals surface area contributed by atoms with Gasteiger partial charge in [0, 0.05) is 25.9 Å². The number of hydrogen-bond acceptors (Lipinski definition) is 2. The van der Waals surface area contributed by atoms with Crippen LogP contribution in [0.1, 0.15) is 18.4 Å². The number of phenolic OH excluding ortho intramolecular Hbond substituents is 1. The molecule has 0 aromatic heterocycles. The highest BCUT2D eigenvalue weighted by molar-refractivity contribution is 5.79. The van der Waals surface area contributed by atoms with Crippen molar-refractivity contribution in [3.8, 4) is 5.75 Å². The minimum absolute atomic E-state index is 0.0539. The maximum absolute atomic E-state index is 11.9. The molecule has 2 atom stereocenters. The second kappa shape index (κ2) is 5.53. The Morgan fingerprint density at radius 3 is 2.59 bits per heavy atom. The average Bonchev–Trinajstić information content (AvgIpc) is 2.28. The molecule has 3 nitrogen and oxygen atoms in total. The van der Waals surface area contributed by atoms with Gasteiger partial charge in [0.2, 0.25) is 5.91 Å². The molecule has 0 saturated heterocycles. The Hall–Kier alpha value is -1.77. The van der Waals surface area contributed by atoms with Gasteiger partial charge >= 0.3 is 0 Å². The SMILES string of the molecule is C=CC(c1cccc(O)c1)[C@@H](C)C(=O)N(C)C. The van der Waals surface area contributed by atoms with Crippen LogP contribution in [0.4, 0.5) is 0 Å². The molecule has 0 radical (unpaired) electrons. The summed E-state index contributed by atoms with van der Waals surface area (Å²) in [6.07, 6.45) is 1.75. The molecule has 1 N–H and O–H groups in total. The van der Waals surface area contributed by atoms with Crippen molar-refractivity contribution in [1.82, 2.24) is 4.90 Å². The average molecular weight is 233 g/mol. The highest BCUT2D eigenvalue weighted by atomic mass is 16.3. The van der Waals surface area contributed by atoms with Gasteiger partial charge in [-0.1, -0.05) is 25.1 Å². The number of nitrogens with zero attached hydrogens (tertiary/aromatic N) is 1. The predicted molar refractivity (Wildman–Crippen MR) is 68.9 cm³/mol. The third-order valence-electron chi connectivity index (χ3n) is 2.88. The molecule has 1 unspecified atom stereocenters. The lowest BCUT2D eigenvalue weighted by Crippen LogP contribution is -2.31. The smallest absolute Gasteiger partial charge is 0.225 e. The molecule has 1 rings (SSSR count). The van der Waals surface area contributed by atoms with Crippen LogP contribution in [-0.4, -0.2) is 30.0 Å². The minimum atomic E-state index is -0.190. The van der Waals surface area contributed by atoms with Crippen LogP contribution in [0.2, 0.25) is 0 Å². The van der Waals surface area contributed by atoms with Gasteiger partial charge < -0.3 is 10.0 Å². The lowest BCUT2D eigenvalue weighted by atomic mass is 9.86. The molecule has 0 fully saturated rings. The first-order valence-corrected chi connectivity index (χ1v) is 5.60. The predicted octanol–water partition coefficient (Wildman–Crippen LogP) is 2.39. The Morgan fingerprint density at radius 2 is 2.12 bits per heavy atom. The third-order valence-corrected chi connectivity index (χ3v) is 2.88. The maximum atomic E-state index is 11.9. The standard InChI is InChI=1S/C14H19NO2/c1-5-13(10(2)14(17)15(3)4)11-7-6-8-12(16)9-11/h5-10,13,16H,1H2,2-4H3/t10-,13?/m1/s1. The summed E-state index contributed by atoms with van der Waals surface area (Å²) in [5.41, 5.74) is 0.905. The number of aromatic hydroxyl groups is 1. The lowest BCUT2D eigenvalue weighted by molar-refractivity contribution is -0.132. The van der Waals surface area contributed by atoms with Crippen LogP contribution in [0, 0.1) is 5.92 Å². The highest BCUT2D eigenvalue weighted by Gasteiger charge is 2.24. The zero-order valence-electron chi connectivity index (χ0n) is 10.6. The van der Waals surface area contributed by atoms with Crippen LogP contribution < -0.4 is 0 Å². The van der Waals surface area contributed by atoms with Gasteiger partial charge in [0.15, 0.2) is 0 Å². The molecule has 1 amide bonds. The van der Waals surface area contributed by atoms with Gasteiger partial charge in [-0.2, -0.15) is 0 Å². The Kier molecular flexibility index (Phi) is 4.32. The number of rotatable bonds is 4. The topological polar surface area (TPSA) is 40.5 Å². The van der Waals surface area contributed by atoms with Crippen LogP contribution in [0.15, 0.2) is 36.9 Å². The molecular formula is C14H19NO2. The zero-order valence-corrected chi connectivity index (χ0v) is 10.6. The van der Waals surface area contributed by atoms with Crippen LogP contribution in [0.3, 0.4) is 0 Å². The van der Waals surface area contributed by atoms with E-state index in [-0.39, 0.29) is 23.5 Å². The van der Waals surface area contributed by atoms with Crippen molar-refractivity contribution < 1.29 is 9.90 Å². The minimum Gasteiger partial charge on any atom is -0.508 e. The summed E-state index contributed by atoms with van der Waals surface area (Å²) < 4.78 is 0. The number of carbonyl (C=O) groups is 1. The van der Waals surface area contributed by atoms with Crippen LogP contribution in [0.5, 0.6) is 5.75 Å². The van der Waals surface area contributed by atoms with Gasteiger partial charge in [0.05, 0.1) is 0 Å². The molecule has 1 aromatic rings. The van der Waals surface area contributed by atoms with Crippen molar-refractivity contribution in [1.29, 1.82) is 0 Å². The maximum Gasteiger partial charge on any atom is 0.225 e. The second-order valence-corrected chi connectivity index (χ2v) is 4.38. The first-order valence-electron chi connectivity index (χ1n) is 5.60. The van der Waals surface area contributed by atoms with Gasteiger partial charge in [-0.15, -0.1) is 6.58 Å². The molecular weight excluding hydrogens is 214 g/mol. The van der Waals surface area contributed by atoms with Gasteiger partial charge in [-0.05, 0) is 17.7 Å². The molecule has 1 aromatic carbocycles. The Labute approximate surface area is 102 Å². The van der Waals surface area contributed by atoms with E-state index in [0.717, 1.165) is 5.56 Å². The van der Waals surface area contributed by atoms with Crippen LogP contribution >= 0.6 is 0 Å². The quantitative estimate of drug-likeness (QED) is 0.811. The fourth-order valence-electron chi connectivity index (χ4n) is 1.92. The molecule has 0 heterocycles. The van der Waals surface area contributed by atoms with Crippen molar-refractivity contribution in [2.45, 2.75) is 12.8 Å². The molecule has 0 bridgehead atoms. The summed E-state index contributed by atoms with van der Waals surface area (Å²) >= 11 is 0. The number of hydrogen-bond donors (Lipinski definition) is 1. The first kappa shape index (κ1) is 13.3. The van der Waals surface area contributed by atoms with Crippen molar-refractivity contribution >= 4 is 5.91 Å². The summed E-state index contributed by atoms with van der Waals surface area (Å²) in [4.78, 5) is 13.5. The number of allylic oxidation sites excluding steroid dienone is 1. The van der Waals surface area contributed by atoms with Gasteiger partial charge in [0.25, 0.3) is 0 Å². The van der Waals surface area contributed by atoms with E-state index in [1.807, 2.05) is 13.0 Å². The summed E-state index contributed by atoms with van der Waals surface area (Å²) in [5, 5.41) is 9.46. The van der Waals surface area contributed by atoms with Crippen molar-refractivity contribution in [3.63, 3.8) is 0 Å². The summed E-state index contributed by atoms with van der Waals surface area (Å²) in [6, 6.07) is 6.95. The monoisotopic (exact) mass is 233 g/mol. The van der Waals surface area contributed by atoms with Gasteiger partial charge in [0.1, 0.15) is 5.75 Å². The van der Waals surface area contributed by atoms with E-state index in [1.54, 1.807) is 43.3 Å². The van der Waals surface area contributed by atoms with E-state index in [9.17, 15) is 9.90 Å². The van der Waals surface area contributed by atoms with Gasteiger partial charge in [-0.25, -0.2) is 0 Å². The largest absolute Gasteiger partial charge is 0.508 e. The van der Waals surface area contributed by atoms with Crippen LogP contribution in [0.25, 0.3) is 0 Å². The van der Waals surface area contributed by atoms with Crippen molar-refractivity contribution in [2.75, 3.05) is 14.1 Å².